The summed E-state index contributed by atoms with van der Waals surface area (Å²) in [5.41, 5.74) is -0.488. The summed E-state index contributed by atoms with van der Waals surface area (Å²) in [4.78, 5) is 7.42. The summed E-state index contributed by atoms with van der Waals surface area (Å²) < 4.78 is 32.7. The van der Waals surface area contributed by atoms with Gasteiger partial charge in [-0.1, -0.05) is 6.07 Å². The first kappa shape index (κ1) is 24.1. The van der Waals surface area contributed by atoms with Crippen LogP contribution in [0.25, 0.3) is 11.3 Å². The second-order valence-electron chi connectivity index (χ2n) is 7.83. The van der Waals surface area contributed by atoms with E-state index in [9.17, 15) is 49.6 Å². The van der Waals surface area contributed by atoms with Crippen LogP contribution in [0.4, 0.5) is 26.0 Å². The molecule has 2 aliphatic heterocycles. The van der Waals surface area contributed by atoms with Crippen LogP contribution < -0.4 is 10.2 Å². The van der Waals surface area contributed by atoms with Crippen LogP contribution in [0.2, 0.25) is 0 Å². The molecule has 1 aromatic carbocycles. The highest BCUT2D eigenvalue weighted by Crippen LogP contribution is 2.46. The first-order valence-corrected chi connectivity index (χ1v) is 9.81. The van der Waals surface area contributed by atoms with E-state index in [-0.39, 0.29) is 28.5 Å². The number of H-pyrrole nitrogens is 1. The van der Waals surface area contributed by atoms with Gasteiger partial charge in [-0.15, -0.1) is 0 Å². The minimum Gasteiger partial charge on any atom is -0.342 e. The highest BCUT2D eigenvalue weighted by molar-refractivity contribution is 6.13. The van der Waals surface area contributed by atoms with Gasteiger partial charge < -0.3 is 46.2 Å². The second-order valence-corrected chi connectivity index (χ2v) is 7.83. The predicted octanol–water partition coefficient (Wildman–Crippen LogP) is -2.36. The minimum atomic E-state index is -4.20. The van der Waals surface area contributed by atoms with E-state index >= 15 is 0 Å². The van der Waals surface area contributed by atoms with Gasteiger partial charge in [0.05, 0.1) is 35.0 Å². The summed E-state index contributed by atoms with van der Waals surface area (Å²) in [5.74, 6) is -19.8. The summed E-state index contributed by atoms with van der Waals surface area (Å²) in [5, 5.41) is 89.5. The van der Waals surface area contributed by atoms with Crippen LogP contribution in [0.5, 0.6) is 0 Å². The zero-order valence-corrected chi connectivity index (χ0v) is 17.5. The molecule has 1 fully saturated rings. The number of rotatable bonds is 2. The fraction of sp³-hybridized carbons (Fsp3) is 0.211. The lowest BCUT2D eigenvalue weighted by Crippen LogP contribution is -2.84. The Morgan fingerprint density at radius 3 is 2.11 bits per heavy atom. The van der Waals surface area contributed by atoms with Crippen molar-refractivity contribution in [3.8, 4) is 11.3 Å². The number of aromatic nitrogens is 3. The van der Waals surface area contributed by atoms with Gasteiger partial charge in [0, 0.05) is 5.56 Å². The summed E-state index contributed by atoms with van der Waals surface area (Å²) in [6.45, 7) is 0. The fourth-order valence-electron chi connectivity index (χ4n) is 3.72. The van der Waals surface area contributed by atoms with E-state index < -0.39 is 51.7 Å². The molecule has 0 aliphatic carbocycles. The van der Waals surface area contributed by atoms with Crippen molar-refractivity contribution in [3.05, 3.63) is 53.9 Å². The molecule has 4 heterocycles. The van der Waals surface area contributed by atoms with Crippen molar-refractivity contribution in [2.45, 2.75) is 23.8 Å². The van der Waals surface area contributed by atoms with Crippen molar-refractivity contribution in [3.63, 3.8) is 0 Å². The van der Waals surface area contributed by atoms with Crippen LogP contribution in [0.1, 0.15) is 5.56 Å². The topological polar surface area (TPSA) is 240 Å². The standard InChI is InChI=1S/C19H16F2N6O9/c20-8-2-1-3-9(21)13(8)15-24-10-5-22-12(4-7(10)14-11(25-15)6-23-26-14)27-16(28,29)18(32,33)36-19(34,35)17(27,30)31/h1-6,28-35H,(H,23,26)(H,24,25). The number of morpholine rings is 1. The van der Waals surface area contributed by atoms with Gasteiger partial charge >= 0.3 is 23.8 Å². The molecule has 190 valence electrons. The lowest BCUT2D eigenvalue weighted by atomic mass is 10.1. The number of ether oxygens (including phenoxy) is 1. The highest BCUT2D eigenvalue weighted by Gasteiger charge is 2.75. The maximum absolute atomic E-state index is 14.4. The third-order valence-corrected chi connectivity index (χ3v) is 5.47. The summed E-state index contributed by atoms with van der Waals surface area (Å²) in [6, 6.07) is 4.02. The molecule has 0 amide bonds. The first-order chi connectivity index (χ1) is 16.7. The zero-order valence-electron chi connectivity index (χ0n) is 17.5. The van der Waals surface area contributed by atoms with E-state index in [4.69, 9.17) is 0 Å². The zero-order chi connectivity index (χ0) is 26.3. The van der Waals surface area contributed by atoms with Gasteiger partial charge in [-0.2, -0.15) is 5.10 Å². The number of halogens is 2. The van der Waals surface area contributed by atoms with Crippen molar-refractivity contribution < 1.29 is 54.4 Å². The molecular formula is C19H16F2N6O9. The number of nitrogens with zero attached hydrogens (tertiary/aromatic N) is 4. The summed E-state index contributed by atoms with van der Waals surface area (Å²) >= 11 is 0. The lowest BCUT2D eigenvalue weighted by Gasteiger charge is -2.55. The molecular weight excluding hydrogens is 494 g/mol. The number of anilines is 2. The average Bonchev–Trinajstić information content (AvgIpc) is 3.14. The molecule has 0 atom stereocenters. The molecule has 1 saturated heterocycles. The van der Waals surface area contributed by atoms with Crippen LogP contribution in [0.3, 0.4) is 0 Å². The molecule has 0 bridgehead atoms. The van der Waals surface area contributed by atoms with Gasteiger partial charge in [-0.05, 0) is 18.2 Å². The maximum atomic E-state index is 14.4. The molecule has 15 nitrogen and oxygen atoms in total. The third-order valence-electron chi connectivity index (χ3n) is 5.47. The second kappa shape index (κ2) is 7.43. The molecule has 10 N–H and O–H groups in total. The number of hydrogen-bond acceptors (Lipinski definition) is 14. The largest absolute Gasteiger partial charge is 0.362 e. The Bertz CT molecular complexity index is 1360. The molecule has 0 unspecified atom stereocenters. The Balaban J connectivity index is 1.72. The number of benzene rings is 1. The molecule has 5 rings (SSSR count). The number of pyridine rings is 1. The predicted molar refractivity (Wildman–Crippen MR) is 110 cm³/mol. The van der Waals surface area contributed by atoms with Crippen LogP contribution in [0, 0.1) is 11.6 Å². The van der Waals surface area contributed by atoms with E-state index in [0.717, 1.165) is 30.5 Å². The van der Waals surface area contributed by atoms with Crippen LogP contribution in [0.15, 0.2) is 41.7 Å². The van der Waals surface area contributed by atoms with Gasteiger partial charge in [-0.25, -0.2) is 23.7 Å². The molecule has 0 spiro atoms. The molecule has 2 aliphatic rings. The van der Waals surface area contributed by atoms with Crippen LogP contribution in [-0.4, -0.2) is 85.6 Å². The average molecular weight is 510 g/mol. The van der Waals surface area contributed by atoms with Gasteiger partial charge in [0.2, 0.25) is 0 Å². The van der Waals surface area contributed by atoms with Crippen molar-refractivity contribution in [2.24, 2.45) is 4.99 Å². The molecule has 0 radical (unpaired) electrons. The first-order valence-electron chi connectivity index (χ1n) is 9.81. The van der Waals surface area contributed by atoms with Crippen molar-refractivity contribution >= 4 is 23.0 Å². The smallest absolute Gasteiger partial charge is 0.342 e. The monoisotopic (exact) mass is 510 g/mol. The summed E-state index contributed by atoms with van der Waals surface area (Å²) in [7, 11) is 0. The number of hydrogen-bond donors (Lipinski definition) is 10. The Labute approximate surface area is 197 Å². The molecule has 3 aromatic rings. The molecule has 17 heteroatoms. The van der Waals surface area contributed by atoms with Gasteiger partial charge in [0.15, 0.2) is 0 Å². The van der Waals surface area contributed by atoms with Crippen molar-refractivity contribution in [2.75, 3.05) is 10.2 Å². The quantitative estimate of drug-likeness (QED) is 0.163. The molecule has 36 heavy (non-hydrogen) atoms. The van der Waals surface area contributed by atoms with Crippen LogP contribution >= 0.6 is 0 Å². The SMILES string of the molecule is OC1(O)OC(O)(O)C(O)(O)N(c2cc3c(cn2)N=C(c2c(F)cccc2F)Nc2cn[nH]c2-3)C1(O)O. The van der Waals surface area contributed by atoms with E-state index in [1.54, 1.807) is 0 Å². The van der Waals surface area contributed by atoms with E-state index in [1.165, 1.54) is 6.20 Å². The number of nitrogens with one attached hydrogen (secondary N) is 2. The number of aromatic amines is 1. The van der Waals surface area contributed by atoms with Crippen molar-refractivity contribution in [1.82, 2.24) is 15.2 Å². The number of aliphatic hydroxyl groups is 8. The van der Waals surface area contributed by atoms with Gasteiger partial charge in [0.1, 0.15) is 23.3 Å². The Morgan fingerprint density at radius 2 is 1.50 bits per heavy atom. The number of fused-ring (bicyclic) bond motifs is 3. The Morgan fingerprint density at radius 1 is 0.889 bits per heavy atom. The van der Waals surface area contributed by atoms with E-state index in [2.05, 4.69) is 30.2 Å². The van der Waals surface area contributed by atoms with Gasteiger partial charge in [0.25, 0.3) is 0 Å². The number of aliphatic imine (C=N–C) groups is 1. The lowest BCUT2D eigenvalue weighted by molar-refractivity contribution is -0.606. The Hall–Kier alpha value is -3.65. The third kappa shape index (κ3) is 3.27. The number of amidine groups is 1. The van der Waals surface area contributed by atoms with E-state index in [0.29, 0.717) is 0 Å². The minimum absolute atomic E-state index is 0.0483. The van der Waals surface area contributed by atoms with Gasteiger partial charge in [-0.3, -0.25) is 9.84 Å². The highest BCUT2D eigenvalue weighted by atomic mass is 19.1. The van der Waals surface area contributed by atoms with Crippen molar-refractivity contribution in [1.29, 1.82) is 0 Å². The molecule has 2 aromatic heterocycles. The Kier molecular flexibility index (Phi) is 4.97. The summed E-state index contributed by atoms with van der Waals surface area (Å²) in [6.07, 6.45) is 2.09. The van der Waals surface area contributed by atoms with E-state index in [1.807, 2.05) is 0 Å². The normalized spacial score (nSPS) is 21.1. The molecule has 0 saturated carbocycles. The maximum Gasteiger partial charge on any atom is 0.362 e. The fourth-order valence-corrected chi connectivity index (χ4v) is 3.72. The van der Waals surface area contributed by atoms with Crippen LogP contribution in [-0.2, 0) is 4.74 Å².